The molecule has 0 bridgehead atoms. The number of ether oxygens (including phenoxy) is 1. The molecule has 0 fully saturated rings. The first kappa shape index (κ1) is 12.8. The fraction of sp³-hybridized carbons (Fsp3) is 0.667. The summed E-state index contributed by atoms with van der Waals surface area (Å²) < 4.78 is 4.23. The maximum atomic E-state index is 11.0. The molecule has 0 atom stereocenters. The molecule has 1 amide bonds. The number of amides is 1. The number of nitrogens with one attached hydrogen (secondary N) is 1. The van der Waals surface area contributed by atoms with Crippen LogP contribution in [0, 0.1) is 4.91 Å². The maximum absolute atomic E-state index is 11.0. The van der Waals surface area contributed by atoms with Crippen LogP contribution in [0.2, 0.25) is 0 Å². The zero-order valence-electron chi connectivity index (χ0n) is 7.53. The van der Waals surface area contributed by atoms with E-state index < -0.39 is 12.1 Å². The normalized spacial score (nSPS) is 9.29. The van der Waals surface area contributed by atoms with Crippen molar-refractivity contribution in [2.24, 2.45) is 5.29 Å². The Bertz CT molecular complexity index is 223. The third-order valence-corrected chi connectivity index (χ3v) is 1.30. The monoisotopic (exact) mass is 223 g/mol. The summed E-state index contributed by atoms with van der Waals surface area (Å²) in [5.41, 5.74) is 0. The summed E-state index contributed by atoms with van der Waals surface area (Å²) >= 11 is 5.27. The smallest absolute Gasteiger partial charge is 0.374 e. The van der Waals surface area contributed by atoms with E-state index >= 15 is 0 Å². The topological polar surface area (TPSA) is 88.1 Å². The highest BCUT2D eigenvalue weighted by molar-refractivity contribution is 6.18. The molecule has 8 heteroatoms. The Morgan fingerprint density at radius 2 is 2.21 bits per heavy atom. The third kappa shape index (κ3) is 4.73. The van der Waals surface area contributed by atoms with Gasteiger partial charge in [-0.15, -0.1) is 16.5 Å². The quantitative estimate of drug-likeness (QED) is 0.235. The van der Waals surface area contributed by atoms with Crippen LogP contribution in [0.1, 0.15) is 0 Å². The fourth-order valence-electron chi connectivity index (χ4n) is 0.576. The first-order chi connectivity index (χ1) is 6.65. The molecule has 0 heterocycles. The summed E-state index contributed by atoms with van der Waals surface area (Å²) in [4.78, 5) is 31.8. The molecule has 0 aliphatic heterocycles. The molecular formula is C6H10ClN3O4. The molecule has 0 aromatic rings. The Balaban J connectivity index is 4.03. The zero-order chi connectivity index (χ0) is 11.0. The number of hydrogen-bond donors (Lipinski definition) is 1. The van der Waals surface area contributed by atoms with Gasteiger partial charge in [-0.1, -0.05) is 0 Å². The molecule has 0 aromatic heterocycles. The molecule has 0 saturated carbocycles. The maximum Gasteiger partial charge on any atom is 0.440 e. The second-order valence-electron chi connectivity index (χ2n) is 2.16. The Kier molecular flexibility index (Phi) is 6.59. The summed E-state index contributed by atoms with van der Waals surface area (Å²) in [6.07, 6.45) is -1.12. The summed E-state index contributed by atoms with van der Waals surface area (Å²) in [5.74, 6) is -0.762. The SMILES string of the molecule is CNCC(=O)OC(=O)N(CCCl)N=O. The summed E-state index contributed by atoms with van der Waals surface area (Å²) in [5, 5.41) is 5.26. The number of halogens is 1. The Morgan fingerprint density at radius 3 is 2.64 bits per heavy atom. The van der Waals surface area contributed by atoms with E-state index in [9.17, 15) is 14.5 Å². The van der Waals surface area contributed by atoms with Gasteiger partial charge in [0.1, 0.15) is 0 Å². The van der Waals surface area contributed by atoms with Gasteiger partial charge in [0.25, 0.3) is 0 Å². The molecule has 80 valence electrons. The molecule has 14 heavy (non-hydrogen) atoms. The van der Waals surface area contributed by atoms with Crippen molar-refractivity contribution in [3.63, 3.8) is 0 Å². The van der Waals surface area contributed by atoms with Crippen molar-refractivity contribution in [3.05, 3.63) is 4.91 Å². The average Bonchev–Trinajstić information content (AvgIpc) is 2.14. The standard InChI is InChI=1S/C6H10ClN3O4/c1-8-4-5(11)14-6(12)10(9-13)3-2-7/h8H,2-4H2,1H3. The molecule has 0 rings (SSSR count). The van der Waals surface area contributed by atoms with Crippen LogP contribution in [-0.4, -0.2) is 43.1 Å². The van der Waals surface area contributed by atoms with Crippen molar-refractivity contribution in [2.45, 2.75) is 0 Å². The minimum absolute atomic E-state index is 0.0288. The van der Waals surface area contributed by atoms with Gasteiger partial charge in [0.15, 0.2) is 0 Å². The number of likely N-dealkylation sites (N-methyl/N-ethyl adjacent to an activating group) is 1. The van der Waals surface area contributed by atoms with E-state index in [0.717, 1.165) is 0 Å². The minimum Gasteiger partial charge on any atom is -0.374 e. The van der Waals surface area contributed by atoms with Crippen LogP contribution in [0.5, 0.6) is 0 Å². The molecule has 0 saturated heterocycles. The van der Waals surface area contributed by atoms with Crippen molar-refractivity contribution in [3.8, 4) is 0 Å². The van der Waals surface area contributed by atoms with Crippen molar-refractivity contribution in [1.82, 2.24) is 10.3 Å². The van der Waals surface area contributed by atoms with E-state index in [2.05, 4.69) is 15.3 Å². The van der Waals surface area contributed by atoms with E-state index in [1.165, 1.54) is 7.05 Å². The second kappa shape index (κ2) is 7.22. The number of rotatable bonds is 5. The van der Waals surface area contributed by atoms with Gasteiger partial charge in [0.2, 0.25) is 0 Å². The van der Waals surface area contributed by atoms with Gasteiger partial charge in [-0.25, -0.2) is 4.79 Å². The minimum atomic E-state index is -1.12. The van der Waals surface area contributed by atoms with Gasteiger partial charge in [-0.2, -0.15) is 5.01 Å². The van der Waals surface area contributed by atoms with Gasteiger partial charge in [0, 0.05) is 5.88 Å². The highest BCUT2D eigenvalue weighted by Crippen LogP contribution is 1.96. The lowest BCUT2D eigenvalue weighted by molar-refractivity contribution is -0.137. The molecule has 0 aliphatic rings. The Hall–Kier alpha value is -1.21. The van der Waals surface area contributed by atoms with Crippen LogP contribution in [0.25, 0.3) is 0 Å². The first-order valence-electron chi connectivity index (χ1n) is 3.71. The summed E-state index contributed by atoms with van der Waals surface area (Å²) in [7, 11) is 1.51. The van der Waals surface area contributed by atoms with Gasteiger partial charge < -0.3 is 10.1 Å². The molecule has 7 nitrogen and oxygen atoms in total. The molecule has 0 unspecified atom stereocenters. The number of nitroso groups, excluding NO2 is 1. The molecule has 0 aliphatic carbocycles. The molecule has 0 radical (unpaired) electrons. The van der Waals surface area contributed by atoms with E-state index in [4.69, 9.17) is 11.6 Å². The van der Waals surface area contributed by atoms with Crippen molar-refractivity contribution in [2.75, 3.05) is 26.0 Å². The van der Waals surface area contributed by atoms with Gasteiger partial charge in [-0.05, 0) is 7.05 Å². The second-order valence-corrected chi connectivity index (χ2v) is 2.54. The Labute approximate surface area is 85.3 Å². The van der Waals surface area contributed by atoms with E-state index in [1.54, 1.807) is 0 Å². The van der Waals surface area contributed by atoms with Gasteiger partial charge >= 0.3 is 12.1 Å². The number of hydrogen-bond acceptors (Lipinski definition) is 6. The predicted octanol–water partition coefficient (Wildman–Crippen LogP) is 0.0912. The largest absolute Gasteiger partial charge is 0.440 e. The summed E-state index contributed by atoms with van der Waals surface area (Å²) in [6, 6.07) is 0. The lowest BCUT2D eigenvalue weighted by Gasteiger charge is -2.10. The van der Waals surface area contributed by atoms with Crippen molar-refractivity contribution in [1.29, 1.82) is 0 Å². The van der Waals surface area contributed by atoms with E-state index in [-0.39, 0.29) is 19.0 Å². The van der Waals surface area contributed by atoms with Crippen LogP contribution >= 0.6 is 11.6 Å². The lowest BCUT2D eigenvalue weighted by atomic mass is 10.6. The summed E-state index contributed by atoms with van der Waals surface area (Å²) in [6.45, 7) is -0.226. The number of carbonyl (C=O) groups excluding carboxylic acids is 2. The van der Waals surface area contributed by atoms with Crippen LogP contribution in [0.3, 0.4) is 0 Å². The van der Waals surface area contributed by atoms with Crippen LogP contribution in [-0.2, 0) is 9.53 Å². The van der Waals surface area contributed by atoms with Crippen molar-refractivity contribution < 1.29 is 14.3 Å². The molecule has 0 aromatic carbocycles. The highest BCUT2D eigenvalue weighted by atomic mass is 35.5. The van der Waals surface area contributed by atoms with Crippen LogP contribution in [0.15, 0.2) is 5.29 Å². The Morgan fingerprint density at radius 1 is 1.57 bits per heavy atom. The highest BCUT2D eigenvalue weighted by Gasteiger charge is 2.18. The zero-order valence-corrected chi connectivity index (χ0v) is 8.28. The van der Waals surface area contributed by atoms with E-state index in [1.807, 2.05) is 0 Å². The molecule has 0 spiro atoms. The fourth-order valence-corrected chi connectivity index (χ4v) is 0.736. The number of esters is 1. The van der Waals surface area contributed by atoms with E-state index in [0.29, 0.717) is 5.01 Å². The van der Waals surface area contributed by atoms with Crippen LogP contribution in [0.4, 0.5) is 4.79 Å². The number of alkyl halides is 1. The number of nitrogens with zero attached hydrogens (tertiary/aromatic N) is 2. The average molecular weight is 224 g/mol. The first-order valence-corrected chi connectivity index (χ1v) is 4.25. The predicted molar refractivity (Wildman–Crippen MR) is 48.6 cm³/mol. The third-order valence-electron chi connectivity index (χ3n) is 1.13. The number of carbonyl (C=O) groups is 2. The lowest BCUT2D eigenvalue weighted by Crippen LogP contribution is -2.32. The van der Waals surface area contributed by atoms with Crippen LogP contribution < -0.4 is 5.32 Å². The molecule has 1 N–H and O–H groups in total. The van der Waals surface area contributed by atoms with Crippen molar-refractivity contribution >= 4 is 23.7 Å². The van der Waals surface area contributed by atoms with Gasteiger partial charge in [0.05, 0.1) is 18.4 Å². The van der Waals surface area contributed by atoms with Gasteiger partial charge in [-0.3, -0.25) is 4.79 Å². The molecular weight excluding hydrogens is 214 g/mol.